The van der Waals surface area contributed by atoms with Crippen molar-refractivity contribution in [1.82, 2.24) is 9.97 Å². The smallest absolute Gasteiger partial charge is 0.265 e. The molecule has 1 saturated heterocycles. The highest BCUT2D eigenvalue weighted by molar-refractivity contribution is 7.22. The van der Waals surface area contributed by atoms with Crippen LogP contribution in [0.1, 0.15) is 30.1 Å². The summed E-state index contributed by atoms with van der Waals surface area (Å²) in [5, 5.41) is 0.669. The molecule has 0 radical (unpaired) electrons. The highest BCUT2D eigenvalue weighted by Gasteiger charge is 2.29. The Balaban J connectivity index is 1.72. The molecule has 7 heteroatoms. The average molecular weight is 383 g/mol. The van der Waals surface area contributed by atoms with Crippen molar-refractivity contribution in [3.8, 4) is 5.88 Å². The third-order valence-electron chi connectivity index (χ3n) is 4.45. The second-order valence-corrected chi connectivity index (χ2v) is 7.31. The van der Waals surface area contributed by atoms with Crippen molar-refractivity contribution in [2.45, 2.75) is 25.9 Å². The summed E-state index contributed by atoms with van der Waals surface area (Å²) >= 11 is 1.51. The lowest BCUT2D eigenvalue weighted by Crippen LogP contribution is -2.37. The zero-order valence-corrected chi connectivity index (χ0v) is 15.9. The van der Waals surface area contributed by atoms with Gasteiger partial charge in [0.05, 0.1) is 29.5 Å². The van der Waals surface area contributed by atoms with Crippen LogP contribution in [0.2, 0.25) is 0 Å². The number of benzene rings is 1. The van der Waals surface area contributed by atoms with Crippen LogP contribution in [-0.2, 0) is 4.74 Å². The van der Waals surface area contributed by atoms with E-state index < -0.39 is 0 Å². The molecule has 1 aromatic carbocycles. The van der Waals surface area contributed by atoms with Crippen molar-refractivity contribution >= 4 is 32.6 Å². The molecule has 1 fully saturated rings. The van der Waals surface area contributed by atoms with Crippen LogP contribution in [-0.4, -0.2) is 41.7 Å². The van der Waals surface area contributed by atoms with Gasteiger partial charge in [-0.1, -0.05) is 23.5 Å². The van der Waals surface area contributed by atoms with Crippen LogP contribution in [0.25, 0.3) is 10.2 Å². The highest BCUT2D eigenvalue weighted by atomic mass is 32.1. The lowest BCUT2D eigenvalue weighted by molar-refractivity contribution is 0.0913. The lowest BCUT2D eigenvalue weighted by atomic mass is 10.2. The summed E-state index contributed by atoms with van der Waals surface area (Å²) in [4.78, 5) is 24.0. The number of nitrogens with zero attached hydrogens (tertiary/aromatic N) is 3. The van der Waals surface area contributed by atoms with Crippen LogP contribution in [0.5, 0.6) is 5.88 Å². The number of fused-ring (bicyclic) bond motifs is 1. The number of thiazole rings is 1. The third-order valence-corrected chi connectivity index (χ3v) is 5.51. The lowest BCUT2D eigenvalue weighted by Gasteiger charge is -2.23. The summed E-state index contributed by atoms with van der Waals surface area (Å²) in [7, 11) is 0. The van der Waals surface area contributed by atoms with Crippen molar-refractivity contribution in [3.05, 3.63) is 48.2 Å². The zero-order chi connectivity index (χ0) is 18.6. The second kappa shape index (κ2) is 8.02. The van der Waals surface area contributed by atoms with Gasteiger partial charge in [-0.25, -0.2) is 9.97 Å². The number of aromatic nitrogens is 2. The molecule has 0 unspecified atom stereocenters. The Kier molecular flexibility index (Phi) is 5.31. The number of para-hydroxylation sites is 1. The molecule has 27 heavy (non-hydrogen) atoms. The topological polar surface area (TPSA) is 64.5 Å². The fourth-order valence-electron chi connectivity index (χ4n) is 3.17. The van der Waals surface area contributed by atoms with E-state index in [1.54, 1.807) is 23.2 Å². The molecular formula is C20H21N3O3S. The Morgan fingerprint density at radius 3 is 3.00 bits per heavy atom. The normalized spacial score (nSPS) is 16.6. The predicted molar refractivity (Wildman–Crippen MR) is 106 cm³/mol. The van der Waals surface area contributed by atoms with Gasteiger partial charge < -0.3 is 9.47 Å². The van der Waals surface area contributed by atoms with Gasteiger partial charge in [0, 0.05) is 12.8 Å². The van der Waals surface area contributed by atoms with Crippen molar-refractivity contribution < 1.29 is 14.3 Å². The first-order valence-electron chi connectivity index (χ1n) is 9.13. The Labute approximate surface area is 161 Å². The standard InChI is InChI=1S/C20H21N3O3S/c1-2-25-18-15(8-5-11-21-18)19(24)23(13-14-7-6-12-26-14)20-22-16-9-3-4-10-17(16)27-20/h3-5,8-11,14H,2,6-7,12-13H2,1H3/t14-/m0/s1. The van der Waals surface area contributed by atoms with E-state index in [1.807, 2.05) is 31.2 Å². The maximum atomic E-state index is 13.4. The molecule has 2 aromatic heterocycles. The third kappa shape index (κ3) is 3.79. The Morgan fingerprint density at radius 2 is 2.22 bits per heavy atom. The molecule has 3 aromatic rings. The van der Waals surface area contributed by atoms with Crippen LogP contribution in [0, 0.1) is 0 Å². The first-order chi connectivity index (χ1) is 13.3. The van der Waals surface area contributed by atoms with E-state index >= 15 is 0 Å². The first kappa shape index (κ1) is 17.9. The molecule has 0 saturated carbocycles. The number of amides is 1. The van der Waals surface area contributed by atoms with Gasteiger partial charge in [0.15, 0.2) is 5.13 Å². The molecule has 0 spiro atoms. The van der Waals surface area contributed by atoms with Crippen molar-refractivity contribution in [2.75, 3.05) is 24.7 Å². The van der Waals surface area contributed by atoms with Crippen molar-refractivity contribution in [2.24, 2.45) is 0 Å². The number of pyridine rings is 1. The molecule has 4 rings (SSSR count). The largest absolute Gasteiger partial charge is 0.477 e. The zero-order valence-electron chi connectivity index (χ0n) is 15.1. The molecule has 1 atom stereocenters. The summed E-state index contributed by atoms with van der Waals surface area (Å²) in [6.07, 6.45) is 3.61. The minimum atomic E-state index is -0.166. The Bertz CT molecular complexity index is 904. The highest BCUT2D eigenvalue weighted by Crippen LogP contribution is 2.31. The molecular weight excluding hydrogens is 362 g/mol. The molecule has 6 nitrogen and oxygen atoms in total. The molecule has 0 aliphatic carbocycles. The molecule has 1 aliphatic rings. The predicted octanol–water partition coefficient (Wildman–Crippen LogP) is 3.92. The molecule has 1 aliphatic heterocycles. The summed E-state index contributed by atoms with van der Waals surface area (Å²) < 4.78 is 12.4. The molecule has 140 valence electrons. The number of carbonyl (C=O) groups excluding carboxylic acids is 1. The molecule has 0 bridgehead atoms. The van der Waals surface area contributed by atoms with E-state index in [0.29, 0.717) is 29.7 Å². The van der Waals surface area contributed by atoms with Gasteiger partial charge in [0.1, 0.15) is 5.56 Å². The first-order valence-corrected chi connectivity index (χ1v) is 9.94. The maximum Gasteiger partial charge on any atom is 0.265 e. The van der Waals surface area contributed by atoms with Crippen LogP contribution in [0.15, 0.2) is 42.6 Å². The number of hydrogen-bond acceptors (Lipinski definition) is 6. The van der Waals surface area contributed by atoms with E-state index in [4.69, 9.17) is 9.47 Å². The van der Waals surface area contributed by atoms with Gasteiger partial charge in [0.25, 0.3) is 5.91 Å². The van der Waals surface area contributed by atoms with E-state index in [9.17, 15) is 4.79 Å². The summed E-state index contributed by atoms with van der Waals surface area (Å²) in [6.45, 7) is 3.54. The quantitative estimate of drug-likeness (QED) is 0.646. The van der Waals surface area contributed by atoms with Crippen LogP contribution in [0.4, 0.5) is 5.13 Å². The number of anilines is 1. The van der Waals surface area contributed by atoms with Crippen LogP contribution in [0.3, 0.4) is 0 Å². The monoisotopic (exact) mass is 383 g/mol. The SMILES string of the molecule is CCOc1ncccc1C(=O)N(C[C@@H]1CCCO1)c1nc2ccccc2s1. The van der Waals surface area contributed by atoms with E-state index in [0.717, 1.165) is 29.7 Å². The fourth-order valence-corrected chi connectivity index (χ4v) is 4.14. The number of rotatable bonds is 6. The summed E-state index contributed by atoms with van der Waals surface area (Å²) in [6, 6.07) is 11.4. The van der Waals surface area contributed by atoms with Gasteiger partial charge in [-0.3, -0.25) is 9.69 Å². The number of ether oxygens (including phenoxy) is 2. The Morgan fingerprint density at radius 1 is 1.33 bits per heavy atom. The Hall–Kier alpha value is -2.51. The summed E-state index contributed by atoms with van der Waals surface area (Å²) in [5.41, 5.74) is 1.33. The average Bonchev–Trinajstić information content (AvgIpc) is 3.35. The number of carbonyl (C=O) groups is 1. The van der Waals surface area contributed by atoms with E-state index in [1.165, 1.54) is 11.3 Å². The minimum Gasteiger partial charge on any atom is -0.477 e. The molecule has 0 N–H and O–H groups in total. The molecule has 1 amide bonds. The van der Waals surface area contributed by atoms with Crippen LogP contribution >= 0.6 is 11.3 Å². The van der Waals surface area contributed by atoms with Gasteiger partial charge in [-0.05, 0) is 44.0 Å². The minimum absolute atomic E-state index is 0.0215. The van der Waals surface area contributed by atoms with Crippen molar-refractivity contribution in [3.63, 3.8) is 0 Å². The molecule has 3 heterocycles. The van der Waals surface area contributed by atoms with Gasteiger partial charge in [-0.2, -0.15) is 0 Å². The van der Waals surface area contributed by atoms with Gasteiger partial charge in [-0.15, -0.1) is 0 Å². The number of hydrogen-bond donors (Lipinski definition) is 0. The van der Waals surface area contributed by atoms with Gasteiger partial charge in [0.2, 0.25) is 5.88 Å². The van der Waals surface area contributed by atoms with Crippen molar-refractivity contribution in [1.29, 1.82) is 0 Å². The summed E-state index contributed by atoms with van der Waals surface area (Å²) in [5.74, 6) is 0.185. The van der Waals surface area contributed by atoms with Gasteiger partial charge >= 0.3 is 0 Å². The van der Waals surface area contributed by atoms with Crippen LogP contribution < -0.4 is 9.64 Å². The van der Waals surface area contributed by atoms with E-state index in [2.05, 4.69) is 9.97 Å². The fraction of sp³-hybridized carbons (Fsp3) is 0.350. The maximum absolute atomic E-state index is 13.4. The second-order valence-electron chi connectivity index (χ2n) is 6.30. The van der Waals surface area contributed by atoms with E-state index in [-0.39, 0.29) is 12.0 Å².